The Labute approximate surface area is 126 Å². The van der Waals surface area contributed by atoms with Gasteiger partial charge in [-0.05, 0) is 45.8 Å². The van der Waals surface area contributed by atoms with Crippen molar-refractivity contribution in [1.29, 1.82) is 0 Å². The number of aryl methyl sites for hydroxylation is 1. The average molecular weight is 379 g/mol. The molecule has 0 radical (unpaired) electrons. The Morgan fingerprint density at radius 1 is 1.45 bits per heavy atom. The van der Waals surface area contributed by atoms with Crippen LogP contribution in [0.3, 0.4) is 0 Å². The van der Waals surface area contributed by atoms with Crippen LogP contribution in [-0.4, -0.2) is 34.3 Å². The molecule has 8 nitrogen and oxygen atoms in total. The second kappa shape index (κ2) is 5.42. The Morgan fingerprint density at radius 3 is 2.70 bits per heavy atom. The average Bonchev–Trinajstić information content (AvgIpc) is 2.83. The SMILES string of the molecule is Cc1cc(C(=O)O)cc(S(=O)(=O)Nc2nnns2)c1Br. The summed E-state index contributed by atoms with van der Waals surface area (Å²) >= 11 is 3.91. The highest BCUT2D eigenvalue weighted by Gasteiger charge is 2.23. The van der Waals surface area contributed by atoms with Gasteiger partial charge >= 0.3 is 5.97 Å². The molecule has 1 heterocycles. The number of halogens is 1. The van der Waals surface area contributed by atoms with Crippen molar-refractivity contribution in [3.05, 3.63) is 27.7 Å². The topological polar surface area (TPSA) is 122 Å². The molecule has 0 saturated heterocycles. The molecule has 2 rings (SSSR count). The van der Waals surface area contributed by atoms with Gasteiger partial charge in [0.1, 0.15) is 4.90 Å². The molecule has 0 aliphatic rings. The number of carboxylic acids is 1. The summed E-state index contributed by atoms with van der Waals surface area (Å²) in [6.07, 6.45) is 0. The Kier molecular flexibility index (Phi) is 4.01. The quantitative estimate of drug-likeness (QED) is 0.825. The van der Waals surface area contributed by atoms with Gasteiger partial charge < -0.3 is 5.11 Å². The molecule has 0 aliphatic carbocycles. The van der Waals surface area contributed by atoms with E-state index in [0.29, 0.717) is 5.56 Å². The van der Waals surface area contributed by atoms with Crippen LogP contribution < -0.4 is 4.72 Å². The van der Waals surface area contributed by atoms with Crippen molar-refractivity contribution < 1.29 is 18.3 Å². The van der Waals surface area contributed by atoms with E-state index >= 15 is 0 Å². The maximum atomic E-state index is 12.2. The highest BCUT2D eigenvalue weighted by molar-refractivity contribution is 9.10. The first-order valence-corrected chi connectivity index (χ1v) is 8.07. The number of nitrogens with zero attached hydrogens (tertiary/aromatic N) is 3. The highest BCUT2D eigenvalue weighted by Crippen LogP contribution is 2.28. The summed E-state index contributed by atoms with van der Waals surface area (Å²) in [5.74, 6) is -1.21. The van der Waals surface area contributed by atoms with E-state index in [-0.39, 0.29) is 20.1 Å². The van der Waals surface area contributed by atoms with Gasteiger partial charge in [0.25, 0.3) is 10.0 Å². The van der Waals surface area contributed by atoms with Gasteiger partial charge in [0, 0.05) is 16.0 Å². The number of carbonyl (C=O) groups is 1. The third-order valence-corrected chi connectivity index (χ3v) is 5.60. The van der Waals surface area contributed by atoms with Gasteiger partial charge in [-0.3, -0.25) is 4.72 Å². The van der Waals surface area contributed by atoms with Crippen LogP contribution in [-0.2, 0) is 10.0 Å². The number of aromatic carboxylic acids is 1. The molecule has 2 aromatic rings. The van der Waals surface area contributed by atoms with Gasteiger partial charge in [-0.15, -0.1) is 0 Å². The summed E-state index contributed by atoms with van der Waals surface area (Å²) in [7, 11) is -3.98. The van der Waals surface area contributed by atoms with E-state index in [0.717, 1.165) is 17.6 Å². The number of anilines is 1. The minimum atomic E-state index is -3.98. The normalized spacial score (nSPS) is 11.3. The first-order chi connectivity index (χ1) is 9.31. The molecule has 2 N–H and O–H groups in total. The predicted octanol–water partition coefficient (Wildman–Crippen LogP) is 1.50. The second-order valence-electron chi connectivity index (χ2n) is 3.68. The van der Waals surface area contributed by atoms with Crippen LogP contribution in [0.2, 0.25) is 0 Å². The summed E-state index contributed by atoms with van der Waals surface area (Å²) in [6.45, 7) is 1.60. The van der Waals surface area contributed by atoms with Crippen molar-refractivity contribution in [2.24, 2.45) is 0 Å². The molecule has 0 atom stereocenters. The molecule has 11 heteroatoms. The van der Waals surface area contributed by atoms with Crippen molar-refractivity contribution in [1.82, 2.24) is 14.8 Å². The molecule has 0 saturated carbocycles. The van der Waals surface area contributed by atoms with Crippen molar-refractivity contribution in [2.75, 3.05) is 4.72 Å². The number of carboxylic acid groups (broad SMARTS) is 1. The maximum Gasteiger partial charge on any atom is 0.335 e. The lowest BCUT2D eigenvalue weighted by atomic mass is 10.1. The van der Waals surface area contributed by atoms with Crippen molar-refractivity contribution in [2.45, 2.75) is 11.8 Å². The summed E-state index contributed by atoms with van der Waals surface area (Å²) < 4.78 is 30.3. The van der Waals surface area contributed by atoms with Gasteiger partial charge in [0.15, 0.2) is 0 Å². The monoisotopic (exact) mass is 378 g/mol. The second-order valence-corrected chi connectivity index (χ2v) is 6.86. The number of rotatable bonds is 4. The number of nitrogens with one attached hydrogen (secondary N) is 1. The van der Waals surface area contributed by atoms with Gasteiger partial charge in [-0.1, -0.05) is 9.59 Å². The number of hydrogen-bond acceptors (Lipinski definition) is 7. The summed E-state index contributed by atoms with van der Waals surface area (Å²) in [5, 5.41) is 15.7. The van der Waals surface area contributed by atoms with Crippen molar-refractivity contribution in [3.8, 4) is 0 Å². The van der Waals surface area contributed by atoms with E-state index in [2.05, 4.69) is 35.5 Å². The van der Waals surface area contributed by atoms with E-state index in [1.165, 1.54) is 6.07 Å². The fourth-order valence-corrected chi connectivity index (χ4v) is 4.03. The fraction of sp³-hybridized carbons (Fsp3) is 0.111. The molecule has 1 aromatic heterocycles. The zero-order valence-electron chi connectivity index (χ0n) is 9.86. The molecule has 106 valence electrons. The first-order valence-electron chi connectivity index (χ1n) is 5.02. The summed E-state index contributed by atoms with van der Waals surface area (Å²) in [6, 6.07) is 2.44. The van der Waals surface area contributed by atoms with Crippen LogP contribution in [0.1, 0.15) is 15.9 Å². The fourth-order valence-electron chi connectivity index (χ4n) is 1.40. The van der Waals surface area contributed by atoms with Crippen LogP contribution in [0.4, 0.5) is 5.13 Å². The van der Waals surface area contributed by atoms with Crippen LogP contribution in [0, 0.1) is 6.92 Å². The smallest absolute Gasteiger partial charge is 0.335 e. The molecule has 0 spiro atoms. The predicted molar refractivity (Wildman–Crippen MR) is 74.4 cm³/mol. The number of hydrogen-bond donors (Lipinski definition) is 2. The van der Waals surface area contributed by atoms with E-state index in [9.17, 15) is 13.2 Å². The lowest BCUT2D eigenvalue weighted by Gasteiger charge is -2.10. The van der Waals surface area contributed by atoms with Crippen molar-refractivity contribution >= 4 is 48.6 Å². The molecule has 0 unspecified atom stereocenters. The zero-order chi connectivity index (χ0) is 14.9. The van der Waals surface area contributed by atoms with Crippen LogP contribution in [0.15, 0.2) is 21.5 Å². The van der Waals surface area contributed by atoms with Gasteiger partial charge in [-0.2, -0.15) is 0 Å². The molecule has 0 fully saturated rings. The number of aromatic nitrogens is 3. The third-order valence-electron chi connectivity index (χ3n) is 2.28. The van der Waals surface area contributed by atoms with Gasteiger partial charge in [-0.25, -0.2) is 13.2 Å². The maximum absolute atomic E-state index is 12.2. The van der Waals surface area contributed by atoms with Crippen LogP contribution >= 0.6 is 27.5 Å². The van der Waals surface area contributed by atoms with E-state index in [4.69, 9.17) is 5.11 Å². The Balaban J connectivity index is 2.53. The van der Waals surface area contributed by atoms with Crippen LogP contribution in [0.25, 0.3) is 0 Å². The lowest BCUT2D eigenvalue weighted by Crippen LogP contribution is -2.15. The van der Waals surface area contributed by atoms with E-state index in [1.54, 1.807) is 6.92 Å². The van der Waals surface area contributed by atoms with Gasteiger partial charge in [0.05, 0.1) is 5.56 Å². The minimum absolute atomic E-state index is 0.00437. The van der Waals surface area contributed by atoms with Gasteiger partial charge in [0.2, 0.25) is 5.13 Å². The lowest BCUT2D eigenvalue weighted by molar-refractivity contribution is 0.0696. The Morgan fingerprint density at radius 2 is 2.15 bits per heavy atom. The summed E-state index contributed by atoms with van der Waals surface area (Å²) in [4.78, 5) is 10.8. The highest BCUT2D eigenvalue weighted by atomic mass is 79.9. The first kappa shape index (κ1) is 14.8. The summed E-state index contributed by atoms with van der Waals surface area (Å²) in [5.41, 5.74) is 0.363. The Hall–Kier alpha value is -1.59. The molecular weight excluding hydrogens is 372 g/mol. The molecule has 0 aliphatic heterocycles. The largest absolute Gasteiger partial charge is 0.478 e. The third kappa shape index (κ3) is 2.94. The molecular formula is C9H7BrN4O4S2. The molecule has 20 heavy (non-hydrogen) atoms. The zero-order valence-corrected chi connectivity index (χ0v) is 13.1. The van der Waals surface area contributed by atoms with Crippen molar-refractivity contribution in [3.63, 3.8) is 0 Å². The van der Waals surface area contributed by atoms with Crippen LogP contribution in [0.5, 0.6) is 0 Å². The standard InChI is InChI=1S/C9H7BrN4O4S2/c1-4-2-5(8(15)16)3-6(7(4)10)20(17,18)12-9-11-13-14-19-9/h2-3H,1H3,(H,15,16)(H,11,12,14). The molecule has 0 amide bonds. The molecule has 1 aromatic carbocycles. The Bertz CT molecular complexity index is 761. The number of sulfonamides is 1. The minimum Gasteiger partial charge on any atom is -0.478 e. The van der Waals surface area contributed by atoms with E-state index in [1.807, 2.05) is 0 Å². The van der Waals surface area contributed by atoms with E-state index < -0.39 is 16.0 Å². The molecule has 0 bridgehead atoms. The number of benzene rings is 1.